The van der Waals surface area contributed by atoms with Gasteiger partial charge in [0.25, 0.3) is 0 Å². The third-order valence-electron chi connectivity index (χ3n) is 10.5. The van der Waals surface area contributed by atoms with Crippen molar-refractivity contribution in [2.75, 3.05) is 65.9 Å². The van der Waals surface area contributed by atoms with E-state index in [0.717, 1.165) is 51.4 Å². The van der Waals surface area contributed by atoms with E-state index in [1.54, 1.807) is 20.8 Å². The number of hydrogen-bond acceptors (Lipinski definition) is 13. The maximum absolute atomic E-state index is 12.4. The molecule has 0 radical (unpaired) electrons. The van der Waals surface area contributed by atoms with Crippen molar-refractivity contribution in [3.05, 3.63) is 0 Å². The van der Waals surface area contributed by atoms with E-state index >= 15 is 0 Å². The van der Waals surface area contributed by atoms with Gasteiger partial charge >= 0.3 is 17.9 Å². The van der Waals surface area contributed by atoms with Gasteiger partial charge in [0, 0.05) is 57.0 Å². The van der Waals surface area contributed by atoms with E-state index in [-0.39, 0.29) is 128 Å². The second-order valence-electron chi connectivity index (χ2n) is 17.6. The number of unbranched alkanes of at least 4 members (excludes halogenated alkanes) is 13. The zero-order valence-electron chi connectivity index (χ0n) is 40.4. The van der Waals surface area contributed by atoms with Crippen molar-refractivity contribution in [2.24, 2.45) is 5.41 Å². The largest absolute Gasteiger partial charge is 0.481 e. The Morgan fingerprint density at radius 1 is 0.418 bits per heavy atom. The van der Waals surface area contributed by atoms with E-state index < -0.39 is 59.7 Å². The smallest absolute Gasteiger partial charge is 0.326 e. The summed E-state index contributed by atoms with van der Waals surface area (Å²) in [6.45, 7) is 6.12. The third kappa shape index (κ3) is 40.3. The molecule has 4 amide bonds. The number of rotatable bonds is 46. The van der Waals surface area contributed by atoms with Crippen molar-refractivity contribution in [1.29, 1.82) is 0 Å². The first kappa shape index (κ1) is 62.5. The molecular weight excluding hydrogens is 877 g/mol. The summed E-state index contributed by atoms with van der Waals surface area (Å²) in [6.07, 6.45) is 14.6. The number of aliphatic carboxylic acids is 3. The van der Waals surface area contributed by atoms with E-state index in [9.17, 15) is 53.4 Å². The van der Waals surface area contributed by atoms with Crippen LogP contribution in [0.1, 0.15) is 162 Å². The van der Waals surface area contributed by atoms with Gasteiger partial charge in [-0.05, 0) is 25.7 Å². The average molecular weight is 959 g/mol. The molecule has 2 atom stereocenters. The topological polar surface area (TPSA) is 299 Å². The van der Waals surface area contributed by atoms with Gasteiger partial charge in [0.1, 0.15) is 31.1 Å². The fourth-order valence-corrected chi connectivity index (χ4v) is 6.35. The first-order valence-electron chi connectivity index (χ1n) is 24.1. The van der Waals surface area contributed by atoms with Gasteiger partial charge in [-0.25, -0.2) is 9.59 Å². The summed E-state index contributed by atoms with van der Waals surface area (Å²) in [6, 6.07) is -2.50. The molecule has 0 aliphatic carbocycles. The second-order valence-corrected chi connectivity index (χ2v) is 17.6. The molecular formula is C47H82N4O16. The Morgan fingerprint density at radius 3 is 1.28 bits per heavy atom. The van der Waals surface area contributed by atoms with E-state index in [2.05, 4.69) is 21.3 Å². The Morgan fingerprint density at radius 2 is 0.821 bits per heavy atom. The Labute approximate surface area is 396 Å². The van der Waals surface area contributed by atoms with Crippen LogP contribution in [0.3, 0.4) is 0 Å². The van der Waals surface area contributed by atoms with Crippen LogP contribution < -0.4 is 21.3 Å². The zero-order chi connectivity index (χ0) is 50.1. The van der Waals surface area contributed by atoms with Crippen LogP contribution in [-0.4, -0.2) is 146 Å². The lowest BCUT2D eigenvalue weighted by Crippen LogP contribution is -2.43. The molecule has 0 aliphatic heterocycles. The summed E-state index contributed by atoms with van der Waals surface area (Å²) in [7, 11) is 0. The van der Waals surface area contributed by atoms with Gasteiger partial charge in [0.05, 0.1) is 39.6 Å². The standard InChI is InChI=1S/C47H82N4O16/c1-47(2,3)39(53)34-66-32-30-64-29-27-49-41(55)25-23-38(46(62)63)51-43(57)35-67-33-31-65-28-26-48-40(54)24-21-36(52)20-22-37(45(60)61)50-42(56)18-16-14-12-10-8-6-4-5-7-9-11-13-15-17-19-44(58)59/h37-38H,4-35H2,1-3H3,(H,48,54)(H,49,55)(H,50,56)(H,51,57)(H,58,59)(H,60,61)(H,62,63). The number of amides is 4. The molecule has 386 valence electrons. The number of carbonyl (C=O) groups is 9. The number of carbonyl (C=O) groups excluding carboxylic acids is 6. The molecule has 0 saturated heterocycles. The highest BCUT2D eigenvalue weighted by molar-refractivity contribution is 5.87. The number of carboxylic acids is 3. The lowest BCUT2D eigenvalue weighted by Gasteiger charge is -2.16. The number of Topliss-reactive ketones (excluding diaryl/α,β-unsaturated/α-hetero) is 2. The van der Waals surface area contributed by atoms with Crippen molar-refractivity contribution >= 4 is 53.1 Å². The maximum Gasteiger partial charge on any atom is 0.326 e. The summed E-state index contributed by atoms with van der Waals surface area (Å²) >= 11 is 0. The molecule has 0 aromatic rings. The first-order chi connectivity index (χ1) is 31.9. The highest BCUT2D eigenvalue weighted by Gasteiger charge is 2.23. The second kappa shape index (κ2) is 40.5. The first-order valence-corrected chi connectivity index (χ1v) is 24.1. The fraction of sp³-hybridized carbons (Fsp3) is 0.809. The molecule has 0 heterocycles. The molecule has 0 bridgehead atoms. The highest BCUT2D eigenvalue weighted by atomic mass is 16.5. The van der Waals surface area contributed by atoms with Crippen molar-refractivity contribution in [2.45, 2.75) is 174 Å². The molecule has 7 N–H and O–H groups in total. The van der Waals surface area contributed by atoms with Crippen molar-refractivity contribution in [1.82, 2.24) is 21.3 Å². The number of ketones is 2. The summed E-state index contributed by atoms with van der Waals surface area (Å²) < 4.78 is 21.2. The fourth-order valence-electron chi connectivity index (χ4n) is 6.35. The van der Waals surface area contributed by atoms with E-state index in [1.165, 1.54) is 32.1 Å². The van der Waals surface area contributed by atoms with Gasteiger partial charge in [0.2, 0.25) is 23.6 Å². The average Bonchev–Trinajstić information content (AvgIpc) is 3.26. The molecule has 67 heavy (non-hydrogen) atoms. The molecule has 0 spiro atoms. The Bertz CT molecular complexity index is 1450. The van der Waals surface area contributed by atoms with Gasteiger partial charge in [-0.2, -0.15) is 0 Å². The number of nitrogens with one attached hydrogen (secondary N) is 4. The predicted molar refractivity (Wildman–Crippen MR) is 247 cm³/mol. The molecule has 0 aromatic heterocycles. The Balaban J connectivity index is 3.93. The maximum atomic E-state index is 12.4. The van der Waals surface area contributed by atoms with E-state index in [4.69, 9.17) is 24.1 Å². The molecule has 2 unspecified atom stereocenters. The number of carboxylic acid groups (broad SMARTS) is 3. The summed E-state index contributed by atoms with van der Waals surface area (Å²) in [5.74, 6) is -5.47. The molecule has 0 saturated carbocycles. The van der Waals surface area contributed by atoms with Crippen molar-refractivity contribution < 1.29 is 77.4 Å². The summed E-state index contributed by atoms with van der Waals surface area (Å²) in [5.41, 5.74) is -0.482. The SMILES string of the molecule is CC(C)(C)C(=O)COCCOCCNC(=O)CCC(NC(=O)COCCOCCNC(=O)CCC(=O)CCC(NC(=O)CCCCCCCCCCCCCCCCC(=O)O)C(=O)O)C(=O)O. The normalized spacial score (nSPS) is 12.2. The Hall–Kier alpha value is -4.53. The molecule has 20 heteroatoms. The lowest BCUT2D eigenvalue weighted by molar-refractivity contribution is -0.143. The molecule has 0 fully saturated rings. The predicted octanol–water partition coefficient (Wildman–Crippen LogP) is 4.28. The van der Waals surface area contributed by atoms with Crippen LogP contribution in [0.4, 0.5) is 0 Å². The minimum atomic E-state index is -1.31. The minimum absolute atomic E-state index is 0.00161. The monoisotopic (exact) mass is 959 g/mol. The molecule has 0 aliphatic rings. The quantitative estimate of drug-likeness (QED) is 0.0419. The van der Waals surface area contributed by atoms with Crippen LogP contribution >= 0.6 is 0 Å². The van der Waals surface area contributed by atoms with Crippen LogP contribution in [0.25, 0.3) is 0 Å². The van der Waals surface area contributed by atoms with Gasteiger partial charge in [-0.1, -0.05) is 97.8 Å². The zero-order valence-corrected chi connectivity index (χ0v) is 40.4. The van der Waals surface area contributed by atoms with Gasteiger partial charge in [-0.15, -0.1) is 0 Å². The van der Waals surface area contributed by atoms with Gasteiger partial charge < -0.3 is 55.5 Å². The number of hydrogen-bond donors (Lipinski definition) is 7. The molecule has 0 aromatic carbocycles. The summed E-state index contributed by atoms with van der Waals surface area (Å²) in [4.78, 5) is 107. The van der Waals surface area contributed by atoms with Crippen LogP contribution in [0.5, 0.6) is 0 Å². The van der Waals surface area contributed by atoms with Gasteiger partial charge in [0.15, 0.2) is 5.78 Å². The van der Waals surface area contributed by atoms with E-state index in [1.807, 2.05) is 0 Å². The van der Waals surface area contributed by atoms with Gasteiger partial charge in [-0.3, -0.25) is 33.6 Å². The summed E-state index contributed by atoms with van der Waals surface area (Å²) in [5, 5.41) is 37.7. The van der Waals surface area contributed by atoms with Crippen LogP contribution in [0, 0.1) is 5.41 Å². The lowest BCUT2D eigenvalue weighted by atomic mass is 9.91. The highest BCUT2D eigenvalue weighted by Crippen LogP contribution is 2.15. The molecule has 0 rings (SSSR count). The van der Waals surface area contributed by atoms with Crippen molar-refractivity contribution in [3.8, 4) is 0 Å². The van der Waals surface area contributed by atoms with Crippen molar-refractivity contribution in [3.63, 3.8) is 0 Å². The Kier molecular flexibility index (Phi) is 37.8. The third-order valence-corrected chi connectivity index (χ3v) is 10.5. The minimum Gasteiger partial charge on any atom is -0.481 e. The molecule has 20 nitrogen and oxygen atoms in total. The number of ether oxygens (including phenoxy) is 4. The van der Waals surface area contributed by atoms with Crippen LogP contribution in [-0.2, 0) is 62.1 Å². The van der Waals surface area contributed by atoms with Crippen LogP contribution in [0.2, 0.25) is 0 Å². The van der Waals surface area contributed by atoms with E-state index in [0.29, 0.717) is 6.42 Å². The van der Waals surface area contributed by atoms with Crippen LogP contribution in [0.15, 0.2) is 0 Å².